The number of carbonyl (C=O) groups is 1. The molecular weight excluding hydrogens is 236 g/mol. The summed E-state index contributed by atoms with van der Waals surface area (Å²) in [5.41, 5.74) is 8.62. The van der Waals surface area contributed by atoms with Gasteiger partial charge in [0.05, 0.1) is 11.5 Å². The van der Waals surface area contributed by atoms with Gasteiger partial charge in [-0.2, -0.15) is 0 Å². The first-order valence-corrected chi connectivity index (χ1v) is 7.28. The van der Waals surface area contributed by atoms with Crippen molar-refractivity contribution in [2.24, 2.45) is 5.73 Å². The van der Waals surface area contributed by atoms with Gasteiger partial charge in [-0.15, -0.1) is 0 Å². The number of carbonyl (C=O) groups excluding carboxylic acids is 1. The van der Waals surface area contributed by atoms with E-state index < -0.39 is 0 Å². The Kier molecular flexibility index (Phi) is 3.09. The van der Waals surface area contributed by atoms with Gasteiger partial charge >= 0.3 is 0 Å². The molecule has 0 bridgehead atoms. The van der Waals surface area contributed by atoms with E-state index in [9.17, 15) is 4.79 Å². The fourth-order valence-electron chi connectivity index (χ4n) is 3.32. The molecule has 1 unspecified atom stereocenters. The molecule has 0 aromatic heterocycles. The van der Waals surface area contributed by atoms with Crippen LogP contribution in [0.5, 0.6) is 0 Å². The minimum atomic E-state index is -0.135. The van der Waals surface area contributed by atoms with Crippen LogP contribution in [0.4, 0.5) is 0 Å². The van der Waals surface area contributed by atoms with E-state index >= 15 is 0 Å². The summed E-state index contributed by atoms with van der Waals surface area (Å²) < 4.78 is 0. The highest BCUT2D eigenvalue weighted by atomic mass is 16.2. The summed E-state index contributed by atoms with van der Waals surface area (Å²) >= 11 is 0. The van der Waals surface area contributed by atoms with Gasteiger partial charge in [0, 0.05) is 13.1 Å². The lowest BCUT2D eigenvalue weighted by atomic mass is 9.80. The lowest BCUT2D eigenvalue weighted by Crippen LogP contribution is -2.68. The fourth-order valence-corrected chi connectivity index (χ4v) is 3.32. The van der Waals surface area contributed by atoms with Crippen molar-refractivity contribution in [2.45, 2.75) is 44.1 Å². The minimum Gasteiger partial charge on any atom is -0.338 e. The number of nitrogens with zero attached hydrogens (tertiary/aromatic N) is 1. The van der Waals surface area contributed by atoms with Crippen molar-refractivity contribution in [3.8, 4) is 0 Å². The average molecular weight is 258 g/mol. The van der Waals surface area contributed by atoms with E-state index in [1.165, 1.54) is 11.1 Å². The molecule has 1 saturated heterocycles. The molecule has 0 radical (unpaired) electrons. The molecule has 0 spiro atoms. The molecule has 1 aromatic carbocycles. The third kappa shape index (κ3) is 2.16. The number of hydrogen-bond acceptors (Lipinski definition) is 2. The van der Waals surface area contributed by atoms with Crippen LogP contribution in [0.3, 0.4) is 0 Å². The van der Waals surface area contributed by atoms with Gasteiger partial charge in [-0.05, 0) is 36.8 Å². The maximum Gasteiger partial charge on any atom is 0.230 e. The van der Waals surface area contributed by atoms with Crippen LogP contribution < -0.4 is 5.73 Å². The van der Waals surface area contributed by atoms with E-state index in [-0.39, 0.29) is 17.4 Å². The Morgan fingerprint density at radius 1 is 1.42 bits per heavy atom. The lowest BCUT2D eigenvalue weighted by Gasteiger charge is -2.48. The zero-order valence-corrected chi connectivity index (χ0v) is 11.6. The number of likely N-dealkylation sites (tertiary alicyclic amines) is 1. The number of fused-ring (bicyclic) bond motifs is 1. The van der Waals surface area contributed by atoms with E-state index in [0.29, 0.717) is 0 Å². The van der Waals surface area contributed by atoms with Crippen LogP contribution in [0, 0.1) is 0 Å². The molecule has 1 aliphatic heterocycles. The highest BCUT2D eigenvalue weighted by Gasteiger charge is 2.43. The van der Waals surface area contributed by atoms with Crippen molar-refractivity contribution in [1.82, 2.24) is 4.90 Å². The number of amides is 1. The van der Waals surface area contributed by atoms with E-state index in [1.54, 1.807) is 0 Å². The van der Waals surface area contributed by atoms with Crippen molar-refractivity contribution in [3.05, 3.63) is 35.4 Å². The Balaban J connectivity index is 1.76. The third-order valence-corrected chi connectivity index (χ3v) is 4.69. The molecule has 2 N–H and O–H groups in total. The molecule has 19 heavy (non-hydrogen) atoms. The quantitative estimate of drug-likeness (QED) is 0.882. The standard InChI is InChI=1S/C16H22N2O/c1-2-16(17)10-18(11-16)15(19)14-9-5-7-12-6-3-4-8-13(12)14/h3-4,6,8,14H,2,5,7,9-11,17H2,1H3. The SMILES string of the molecule is CCC1(N)CN(C(=O)C2CCCc3ccccc32)C1. The van der Waals surface area contributed by atoms with Gasteiger partial charge in [0.2, 0.25) is 5.91 Å². The molecule has 3 nitrogen and oxygen atoms in total. The van der Waals surface area contributed by atoms with Crippen molar-refractivity contribution in [3.63, 3.8) is 0 Å². The van der Waals surface area contributed by atoms with Crippen molar-refractivity contribution >= 4 is 5.91 Å². The monoisotopic (exact) mass is 258 g/mol. The molecule has 102 valence electrons. The first-order valence-electron chi connectivity index (χ1n) is 7.28. The summed E-state index contributed by atoms with van der Waals surface area (Å²) in [5, 5.41) is 0. The summed E-state index contributed by atoms with van der Waals surface area (Å²) in [4.78, 5) is 14.6. The van der Waals surface area contributed by atoms with Gasteiger partial charge < -0.3 is 10.6 Å². The number of nitrogens with two attached hydrogens (primary N) is 1. The number of aryl methyl sites for hydroxylation is 1. The van der Waals surface area contributed by atoms with Crippen LogP contribution >= 0.6 is 0 Å². The van der Waals surface area contributed by atoms with E-state index in [2.05, 4.69) is 25.1 Å². The Labute approximate surface area is 114 Å². The Hall–Kier alpha value is -1.35. The van der Waals surface area contributed by atoms with Crippen LogP contribution in [0.2, 0.25) is 0 Å². The van der Waals surface area contributed by atoms with E-state index in [4.69, 9.17) is 5.73 Å². The summed E-state index contributed by atoms with van der Waals surface area (Å²) in [6, 6.07) is 8.38. The van der Waals surface area contributed by atoms with Crippen molar-refractivity contribution < 1.29 is 4.79 Å². The zero-order valence-electron chi connectivity index (χ0n) is 11.6. The third-order valence-electron chi connectivity index (χ3n) is 4.69. The largest absolute Gasteiger partial charge is 0.338 e. The molecule has 0 saturated carbocycles. The predicted molar refractivity (Wildman–Crippen MR) is 75.9 cm³/mol. The number of hydrogen-bond donors (Lipinski definition) is 1. The van der Waals surface area contributed by atoms with Gasteiger partial charge in [-0.1, -0.05) is 31.2 Å². The molecule has 1 aromatic rings. The first kappa shape index (κ1) is 12.7. The second-order valence-electron chi connectivity index (χ2n) is 6.05. The highest BCUT2D eigenvalue weighted by molar-refractivity contribution is 5.85. The topological polar surface area (TPSA) is 46.3 Å². The smallest absolute Gasteiger partial charge is 0.230 e. The summed E-state index contributed by atoms with van der Waals surface area (Å²) in [7, 11) is 0. The zero-order chi connectivity index (χ0) is 13.5. The van der Waals surface area contributed by atoms with Crippen molar-refractivity contribution in [2.75, 3.05) is 13.1 Å². The molecule has 1 amide bonds. The fraction of sp³-hybridized carbons (Fsp3) is 0.562. The van der Waals surface area contributed by atoms with Crippen molar-refractivity contribution in [1.29, 1.82) is 0 Å². The Morgan fingerprint density at radius 3 is 2.89 bits per heavy atom. The minimum absolute atomic E-state index is 0.0614. The first-order chi connectivity index (χ1) is 9.13. The second-order valence-corrected chi connectivity index (χ2v) is 6.05. The predicted octanol–water partition coefficient (Wildman–Crippen LogP) is 2.06. The molecule has 3 heteroatoms. The van der Waals surface area contributed by atoms with E-state index in [0.717, 1.165) is 38.8 Å². The van der Waals surface area contributed by atoms with Crippen LogP contribution in [0.15, 0.2) is 24.3 Å². The molecule has 2 aliphatic rings. The Bertz CT molecular complexity index is 491. The Morgan fingerprint density at radius 2 is 2.16 bits per heavy atom. The highest BCUT2D eigenvalue weighted by Crippen LogP contribution is 2.35. The molecule has 1 aliphatic carbocycles. The normalized spacial score (nSPS) is 24.5. The summed E-state index contributed by atoms with van der Waals surface area (Å²) in [5.74, 6) is 0.341. The number of rotatable bonds is 2. The van der Waals surface area contributed by atoms with Gasteiger partial charge in [-0.25, -0.2) is 0 Å². The van der Waals surface area contributed by atoms with Crippen LogP contribution in [0.1, 0.15) is 43.2 Å². The summed E-state index contributed by atoms with van der Waals surface area (Å²) in [6.07, 6.45) is 4.15. The molecule has 1 atom stereocenters. The molecule has 1 heterocycles. The van der Waals surface area contributed by atoms with Gasteiger partial charge in [0.15, 0.2) is 0 Å². The van der Waals surface area contributed by atoms with Gasteiger partial charge in [0.25, 0.3) is 0 Å². The van der Waals surface area contributed by atoms with Gasteiger partial charge in [-0.3, -0.25) is 4.79 Å². The van der Waals surface area contributed by atoms with E-state index in [1.807, 2.05) is 11.0 Å². The average Bonchev–Trinajstić information content (AvgIpc) is 2.42. The van der Waals surface area contributed by atoms with Crippen LogP contribution in [-0.2, 0) is 11.2 Å². The molecular formula is C16H22N2O. The second kappa shape index (κ2) is 4.64. The van der Waals surface area contributed by atoms with Gasteiger partial charge in [0.1, 0.15) is 0 Å². The number of benzene rings is 1. The lowest BCUT2D eigenvalue weighted by molar-refractivity contribution is -0.140. The molecule has 3 rings (SSSR count). The van der Waals surface area contributed by atoms with Crippen LogP contribution in [0.25, 0.3) is 0 Å². The molecule has 1 fully saturated rings. The maximum absolute atomic E-state index is 12.6. The maximum atomic E-state index is 12.6. The summed E-state index contributed by atoms with van der Waals surface area (Å²) in [6.45, 7) is 3.54. The van der Waals surface area contributed by atoms with Crippen LogP contribution in [-0.4, -0.2) is 29.4 Å².